The molecule has 1 rings (SSSR count). The fraction of sp³-hybridized carbons (Fsp3) is 1.00. The molecule has 1 aliphatic rings. The topological polar surface area (TPSA) is 24.7 Å². The molecule has 9 heavy (non-hydrogen) atoms. The van der Waals surface area contributed by atoms with Gasteiger partial charge in [-0.15, -0.1) is 0 Å². The molecule has 0 saturated carbocycles. The van der Waals surface area contributed by atoms with E-state index in [9.17, 15) is 0 Å². The lowest BCUT2D eigenvalue weighted by Gasteiger charge is -2.26. The molecule has 52 valence electrons. The molecule has 2 heteroatoms. The lowest BCUT2D eigenvalue weighted by atomic mass is 9.84. The van der Waals surface area contributed by atoms with Gasteiger partial charge >= 0.3 is 0 Å². The van der Waals surface area contributed by atoms with E-state index >= 15 is 0 Å². The Hall–Kier alpha value is -0.400. The second kappa shape index (κ2) is 2.46. The third kappa shape index (κ3) is 1.50. The van der Waals surface area contributed by atoms with Crippen molar-refractivity contribution in [3.8, 4) is 0 Å². The van der Waals surface area contributed by atoms with Gasteiger partial charge in [-0.3, -0.25) is 0 Å². The quantitative estimate of drug-likeness (QED) is 0.515. The Labute approximate surface area is 56.4 Å². The summed E-state index contributed by atoms with van der Waals surface area (Å²) in [4.78, 5) is 0. The molecule has 0 amide bonds. The van der Waals surface area contributed by atoms with Gasteiger partial charge in [-0.05, 0) is 18.3 Å². The highest BCUT2D eigenvalue weighted by Crippen LogP contribution is 2.28. The summed E-state index contributed by atoms with van der Waals surface area (Å²) < 4.78 is 0. The monoisotopic (exact) mass is 126 g/mol. The van der Waals surface area contributed by atoms with Crippen molar-refractivity contribution in [2.45, 2.75) is 26.7 Å². The van der Waals surface area contributed by atoms with Gasteiger partial charge in [0.2, 0.25) is 0 Å². The average Bonchev–Trinajstić information content (AvgIpc) is 1.90. The predicted octanol–water partition coefficient (Wildman–Crippen LogP) is 2.26. The fourth-order valence-electron chi connectivity index (χ4n) is 0.979. The van der Waals surface area contributed by atoms with Gasteiger partial charge in [0.15, 0.2) is 0 Å². The van der Waals surface area contributed by atoms with Gasteiger partial charge in [0, 0.05) is 0 Å². The SMILES string of the molecule is CCC1(C)CCN=NC1. The predicted molar refractivity (Wildman–Crippen MR) is 37.6 cm³/mol. The van der Waals surface area contributed by atoms with E-state index in [2.05, 4.69) is 24.1 Å². The number of hydrogen-bond acceptors (Lipinski definition) is 2. The molecule has 0 aliphatic carbocycles. The molecule has 0 aromatic heterocycles. The molecule has 1 atom stereocenters. The summed E-state index contributed by atoms with van der Waals surface area (Å²) in [6.07, 6.45) is 2.44. The Balaban J connectivity index is 2.50. The maximum Gasteiger partial charge on any atom is 0.0653 e. The number of nitrogens with zero attached hydrogens (tertiary/aromatic N) is 2. The molecule has 0 aromatic rings. The van der Waals surface area contributed by atoms with E-state index in [0.717, 1.165) is 13.1 Å². The van der Waals surface area contributed by atoms with Gasteiger partial charge in [0.25, 0.3) is 0 Å². The number of rotatable bonds is 1. The Morgan fingerprint density at radius 3 is 2.56 bits per heavy atom. The second-order valence-corrected chi connectivity index (χ2v) is 3.08. The zero-order valence-electron chi connectivity index (χ0n) is 6.22. The van der Waals surface area contributed by atoms with Crippen molar-refractivity contribution < 1.29 is 0 Å². The Kier molecular flexibility index (Phi) is 1.84. The standard InChI is InChI=1S/C7H14N2/c1-3-7(2)4-5-8-9-6-7/h3-6H2,1-2H3. The molecular weight excluding hydrogens is 112 g/mol. The second-order valence-electron chi connectivity index (χ2n) is 3.08. The molecule has 0 fully saturated rings. The Morgan fingerprint density at radius 1 is 1.44 bits per heavy atom. The van der Waals surface area contributed by atoms with Crippen molar-refractivity contribution in [2.75, 3.05) is 13.1 Å². The van der Waals surface area contributed by atoms with E-state index in [1.54, 1.807) is 0 Å². The molecule has 1 aliphatic heterocycles. The zero-order chi connectivity index (χ0) is 6.74. The summed E-state index contributed by atoms with van der Waals surface area (Å²) in [5, 5.41) is 7.97. The smallest absolute Gasteiger partial charge is 0.0653 e. The van der Waals surface area contributed by atoms with E-state index in [1.807, 2.05) is 0 Å². The summed E-state index contributed by atoms with van der Waals surface area (Å²) in [5.74, 6) is 0. The van der Waals surface area contributed by atoms with Gasteiger partial charge in [-0.25, -0.2) is 0 Å². The Bertz CT molecular complexity index is 120. The first-order valence-electron chi connectivity index (χ1n) is 3.60. The van der Waals surface area contributed by atoms with E-state index in [0.29, 0.717) is 5.41 Å². The van der Waals surface area contributed by atoms with E-state index < -0.39 is 0 Å². The minimum Gasteiger partial charge on any atom is -0.194 e. The molecule has 0 spiro atoms. The molecule has 0 bridgehead atoms. The fourth-order valence-corrected chi connectivity index (χ4v) is 0.979. The molecular formula is C7H14N2. The van der Waals surface area contributed by atoms with Crippen LogP contribution >= 0.6 is 0 Å². The van der Waals surface area contributed by atoms with Gasteiger partial charge in [-0.1, -0.05) is 13.8 Å². The van der Waals surface area contributed by atoms with Crippen LogP contribution < -0.4 is 0 Å². The first-order valence-corrected chi connectivity index (χ1v) is 3.60. The minimum absolute atomic E-state index is 0.460. The highest BCUT2D eigenvalue weighted by Gasteiger charge is 2.23. The maximum atomic E-state index is 4.03. The average molecular weight is 126 g/mol. The van der Waals surface area contributed by atoms with Crippen LogP contribution in [0.2, 0.25) is 0 Å². The third-order valence-corrected chi connectivity index (χ3v) is 2.22. The summed E-state index contributed by atoms with van der Waals surface area (Å²) in [6.45, 7) is 6.37. The summed E-state index contributed by atoms with van der Waals surface area (Å²) in [5.41, 5.74) is 0.460. The van der Waals surface area contributed by atoms with Gasteiger partial charge < -0.3 is 0 Å². The van der Waals surface area contributed by atoms with Crippen LogP contribution in [0.4, 0.5) is 0 Å². The van der Waals surface area contributed by atoms with Gasteiger partial charge in [-0.2, -0.15) is 10.2 Å². The highest BCUT2D eigenvalue weighted by atomic mass is 15.1. The number of hydrogen-bond donors (Lipinski definition) is 0. The molecule has 0 aromatic carbocycles. The lowest BCUT2D eigenvalue weighted by molar-refractivity contribution is 0.274. The van der Waals surface area contributed by atoms with Crippen LogP contribution in [-0.2, 0) is 0 Å². The van der Waals surface area contributed by atoms with Crippen LogP contribution in [0.25, 0.3) is 0 Å². The van der Waals surface area contributed by atoms with E-state index in [-0.39, 0.29) is 0 Å². The molecule has 1 unspecified atom stereocenters. The highest BCUT2D eigenvalue weighted by molar-refractivity contribution is 4.77. The Morgan fingerprint density at radius 2 is 2.22 bits per heavy atom. The molecule has 0 N–H and O–H groups in total. The molecule has 1 heterocycles. The zero-order valence-corrected chi connectivity index (χ0v) is 6.22. The summed E-state index contributed by atoms with van der Waals surface area (Å²) >= 11 is 0. The van der Waals surface area contributed by atoms with Crippen molar-refractivity contribution in [1.29, 1.82) is 0 Å². The van der Waals surface area contributed by atoms with E-state index in [1.165, 1.54) is 12.8 Å². The van der Waals surface area contributed by atoms with Crippen LogP contribution in [0, 0.1) is 5.41 Å². The minimum atomic E-state index is 0.460. The van der Waals surface area contributed by atoms with Crippen molar-refractivity contribution in [3.63, 3.8) is 0 Å². The first-order chi connectivity index (χ1) is 4.27. The molecule has 2 nitrogen and oxygen atoms in total. The van der Waals surface area contributed by atoms with Crippen LogP contribution in [0.15, 0.2) is 10.2 Å². The lowest BCUT2D eigenvalue weighted by Crippen LogP contribution is -2.22. The van der Waals surface area contributed by atoms with Gasteiger partial charge in [0.1, 0.15) is 0 Å². The van der Waals surface area contributed by atoms with Crippen LogP contribution in [0.1, 0.15) is 26.7 Å². The van der Waals surface area contributed by atoms with Crippen molar-refractivity contribution in [2.24, 2.45) is 15.6 Å². The normalized spacial score (nSPS) is 34.9. The van der Waals surface area contributed by atoms with E-state index in [4.69, 9.17) is 0 Å². The number of azo groups is 1. The van der Waals surface area contributed by atoms with Crippen molar-refractivity contribution >= 4 is 0 Å². The van der Waals surface area contributed by atoms with Crippen molar-refractivity contribution in [1.82, 2.24) is 0 Å². The van der Waals surface area contributed by atoms with Crippen LogP contribution in [0.3, 0.4) is 0 Å². The molecule has 0 radical (unpaired) electrons. The third-order valence-electron chi connectivity index (χ3n) is 2.22. The largest absolute Gasteiger partial charge is 0.194 e. The maximum absolute atomic E-state index is 4.03. The first kappa shape index (κ1) is 6.72. The van der Waals surface area contributed by atoms with Crippen molar-refractivity contribution in [3.05, 3.63) is 0 Å². The van der Waals surface area contributed by atoms with Gasteiger partial charge in [0.05, 0.1) is 13.1 Å². The van der Waals surface area contributed by atoms with Crippen LogP contribution in [0.5, 0.6) is 0 Å². The summed E-state index contributed by atoms with van der Waals surface area (Å²) in [7, 11) is 0. The molecule has 0 saturated heterocycles. The summed E-state index contributed by atoms with van der Waals surface area (Å²) in [6, 6.07) is 0. The van der Waals surface area contributed by atoms with Crippen LogP contribution in [-0.4, -0.2) is 13.1 Å².